The SMILES string of the molecule is COc1cc(C)nc(NC(=O)C2(N)CCCC(C)C2)n1. The van der Waals surface area contributed by atoms with E-state index in [0.717, 1.165) is 18.5 Å². The number of aromatic nitrogens is 2. The van der Waals surface area contributed by atoms with Gasteiger partial charge in [-0.25, -0.2) is 4.98 Å². The highest BCUT2D eigenvalue weighted by atomic mass is 16.5. The molecule has 1 aliphatic carbocycles. The molecule has 1 aromatic heterocycles. The summed E-state index contributed by atoms with van der Waals surface area (Å²) in [4.78, 5) is 20.7. The van der Waals surface area contributed by atoms with Crippen LogP contribution >= 0.6 is 0 Å². The second kappa shape index (κ2) is 5.75. The Labute approximate surface area is 119 Å². The third-order valence-electron chi connectivity index (χ3n) is 3.75. The van der Waals surface area contributed by atoms with Gasteiger partial charge in [0.25, 0.3) is 0 Å². The predicted octanol–water partition coefficient (Wildman–Crippen LogP) is 1.64. The Morgan fingerprint density at radius 3 is 2.95 bits per heavy atom. The maximum atomic E-state index is 12.4. The number of carbonyl (C=O) groups is 1. The molecule has 2 atom stereocenters. The Hall–Kier alpha value is -1.69. The highest BCUT2D eigenvalue weighted by Crippen LogP contribution is 2.31. The average Bonchev–Trinajstić information content (AvgIpc) is 2.37. The van der Waals surface area contributed by atoms with Crippen molar-refractivity contribution in [2.24, 2.45) is 11.7 Å². The molecule has 1 heterocycles. The van der Waals surface area contributed by atoms with Crippen molar-refractivity contribution in [2.75, 3.05) is 12.4 Å². The number of ether oxygens (including phenoxy) is 1. The highest BCUT2D eigenvalue weighted by molar-refractivity contribution is 5.96. The van der Waals surface area contributed by atoms with Crippen molar-refractivity contribution in [1.82, 2.24) is 9.97 Å². The highest BCUT2D eigenvalue weighted by Gasteiger charge is 2.38. The van der Waals surface area contributed by atoms with E-state index in [4.69, 9.17) is 10.5 Å². The Bertz CT molecular complexity index is 506. The summed E-state index contributed by atoms with van der Waals surface area (Å²) in [6, 6.07) is 1.70. The maximum Gasteiger partial charge on any atom is 0.246 e. The van der Waals surface area contributed by atoms with Crippen LogP contribution in [0.5, 0.6) is 5.88 Å². The van der Waals surface area contributed by atoms with Gasteiger partial charge in [0.15, 0.2) is 0 Å². The van der Waals surface area contributed by atoms with Gasteiger partial charge in [0, 0.05) is 11.8 Å². The van der Waals surface area contributed by atoms with Gasteiger partial charge in [0.1, 0.15) is 0 Å². The monoisotopic (exact) mass is 278 g/mol. The molecule has 0 spiro atoms. The topological polar surface area (TPSA) is 90.1 Å². The summed E-state index contributed by atoms with van der Waals surface area (Å²) < 4.78 is 5.07. The molecule has 2 unspecified atom stereocenters. The fourth-order valence-corrected chi connectivity index (χ4v) is 2.72. The summed E-state index contributed by atoms with van der Waals surface area (Å²) in [5.74, 6) is 0.926. The Morgan fingerprint density at radius 2 is 2.30 bits per heavy atom. The van der Waals surface area contributed by atoms with Gasteiger partial charge in [-0.2, -0.15) is 4.98 Å². The predicted molar refractivity (Wildman–Crippen MR) is 76.5 cm³/mol. The number of nitrogens with one attached hydrogen (secondary N) is 1. The minimum Gasteiger partial charge on any atom is -0.481 e. The summed E-state index contributed by atoms with van der Waals surface area (Å²) in [6.07, 6.45) is 3.50. The number of hydrogen-bond donors (Lipinski definition) is 2. The van der Waals surface area contributed by atoms with Gasteiger partial charge in [-0.05, 0) is 25.7 Å². The van der Waals surface area contributed by atoms with E-state index in [1.807, 2.05) is 6.92 Å². The van der Waals surface area contributed by atoms with Gasteiger partial charge in [0.2, 0.25) is 17.7 Å². The van der Waals surface area contributed by atoms with Crippen LogP contribution in [0.3, 0.4) is 0 Å². The van der Waals surface area contributed by atoms with Crippen molar-refractivity contribution in [3.8, 4) is 5.88 Å². The molecule has 1 amide bonds. The van der Waals surface area contributed by atoms with Crippen LogP contribution in [0.1, 0.15) is 38.3 Å². The number of nitrogens with zero attached hydrogens (tertiary/aromatic N) is 2. The normalized spacial score (nSPS) is 26.1. The molecular weight excluding hydrogens is 256 g/mol. The zero-order valence-electron chi connectivity index (χ0n) is 12.3. The maximum absolute atomic E-state index is 12.4. The summed E-state index contributed by atoms with van der Waals surface area (Å²) in [7, 11) is 1.53. The van der Waals surface area contributed by atoms with E-state index < -0.39 is 5.54 Å². The van der Waals surface area contributed by atoms with E-state index in [2.05, 4.69) is 22.2 Å². The van der Waals surface area contributed by atoms with Crippen LogP contribution in [0.25, 0.3) is 0 Å². The minimum absolute atomic E-state index is 0.211. The van der Waals surface area contributed by atoms with E-state index in [1.54, 1.807) is 6.07 Å². The van der Waals surface area contributed by atoms with Crippen LogP contribution in [-0.2, 0) is 4.79 Å². The van der Waals surface area contributed by atoms with Gasteiger partial charge >= 0.3 is 0 Å². The Balaban J connectivity index is 2.13. The van der Waals surface area contributed by atoms with Crippen LogP contribution in [0.2, 0.25) is 0 Å². The summed E-state index contributed by atoms with van der Waals surface area (Å²) in [5, 5.41) is 2.72. The fourth-order valence-electron chi connectivity index (χ4n) is 2.72. The lowest BCUT2D eigenvalue weighted by Crippen LogP contribution is -2.53. The van der Waals surface area contributed by atoms with Gasteiger partial charge in [0.05, 0.1) is 12.6 Å². The van der Waals surface area contributed by atoms with Crippen molar-refractivity contribution in [3.05, 3.63) is 11.8 Å². The van der Waals surface area contributed by atoms with Crippen molar-refractivity contribution in [3.63, 3.8) is 0 Å². The van der Waals surface area contributed by atoms with Gasteiger partial charge < -0.3 is 10.5 Å². The zero-order valence-corrected chi connectivity index (χ0v) is 12.3. The van der Waals surface area contributed by atoms with E-state index in [9.17, 15) is 4.79 Å². The fraction of sp³-hybridized carbons (Fsp3) is 0.643. The summed E-state index contributed by atoms with van der Waals surface area (Å²) in [6.45, 7) is 3.95. The molecule has 1 aromatic rings. The van der Waals surface area contributed by atoms with Crippen LogP contribution in [-0.4, -0.2) is 28.5 Å². The van der Waals surface area contributed by atoms with E-state index in [1.165, 1.54) is 7.11 Å². The average molecular weight is 278 g/mol. The first-order chi connectivity index (χ1) is 9.43. The smallest absolute Gasteiger partial charge is 0.246 e. The number of nitrogens with two attached hydrogens (primary N) is 1. The van der Waals surface area contributed by atoms with Crippen LogP contribution < -0.4 is 15.8 Å². The molecule has 110 valence electrons. The molecule has 6 nitrogen and oxygen atoms in total. The lowest BCUT2D eigenvalue weighted by atomic mass is 9.76. The molecule has 0 aromatic carbocycles. The third kappa shape index (κ3) is 3.25. The molecule has 0 radical (unpaired) electrons. The van der Waals surface area contributed by atoms with Crippen LogP contribution in [0.15, 0.2) is 6.07 Å². The molecule has 3 N–H and O–H groups in total. The van der Waals surface area contributed by atoms with Gasteiger partial charge in [-0.1, -0.05) is 19.8 Å². The largest absolute Gasteiger partial charge is 0.481 e. The zero-order chi connectivity index (χ0) is 14.8. The van der Waals surface area contributed by atoms with Crippen molar-refractivity contribution >= 4 is 11.9 Å². The first kappa shape index (κ1) is 14.7. The molecule has 1 aliphatic rings. The van der Waals surface area contributed by atoms with Crippen molar-refractivity contribution in [2.45, 2.75) is 45.1 Å². The van der Waals surface area contributed by atoms with Crippen molar-refractivity contribution in [1.29, 1.82) is 0 Å². The van der Waals surface area contributed by atoms with Crippen LogP contribution in [0.4, 0.5) is 5.95 Å². The molecule has 6 heteroatoms. The number of anilines is 1. The summed E-state index contributed by atoms with van der Waals surface area (Å²) in [5.41, 5.74) is 6.16. The second-order valence-electron chi connectivity index (χ2n) is 5.69. The molecule has 20 heavy (non-hydrogen) atoms. The number of hydrogen-bond acceptors (Lipinski definition) is 5. The molecule has 0 bridgehead atoms. The molecule has 0 aliphatic heterocycles. The molecule has 1 fully saturated rings. The Morgan fingerprint density at radius 1 is 1.55 bits per heavy atom. The van der Waals surface area contributed by atoms with E-state index >= 15 is 0 Å². The summed E-state index contributed by atoms with van der Waals surface area (Å²) >= 11 is 0. The standard InChI is InChI=1S/C14H22N4O2/c1-9-5-4-6-14(15,8-9)12(19)18-13-16-10(2)7-11(17-13)20-3/h7,9H,4-6,8,15H2,1-3H3,(H,16,17,18,19). The molecular formula is C14H22N4O2. The first-order valence-electron chi connectivity index (χ1n) is 6.93. The molecule has 1 saturated carbocycles. The number of methoxy groups -OCH3 is 1. The number of carbonyl (C=O) groups excluding carboxylic acids is 1. The third-order valence-corrected chi connectivity index (χ3v) is 3.75. The van der Waals surface area contributed by atoms with E-state index in [0.29, 0.717) is 24.6 Å². The van der Waals surface area contributed by atoms with Crippen LogP contribution in [0, 0.1) is 12.8 Å². The minimum atomic E-state index is -0.821. The number of aryl methyl sites for hydroxylation is 1. The number of rotatable bonds is 3. The lowest BCUT2D eigenvalue weighted by Gasteiger charge is -2.35. The van der Waals surface area contributed by atoms with Gasteiger partial charge in [-0.3, -0.25) is 10.1 Å². The van der Waals surface area contributed by atoms with E-state index in [-0.39, 0.29) is 11.9 Å². The second-order valence-corrected chi connectivity index (χ2v) is 5.69. The first-order valence-corrected chi connectivity index (χ1v) is 6.93. The van der Waals surface area contributed by atoms with Crippen molar-refractivity contribution < 1.29 is 9.53 Å². The molecule has 2 rings (SSSR count). The molecule has 0 saturated heterocycles. The van der Waals surface area contributed by atoms with Gasteiger partial charge in [-0.15, -0.1) is 0 Å². The quantitative estimate of drug-likeness (QED) is 0.877. The Kier molecular flexibility index (Phi) is 4.23. The lowest BCUT2D eigenvalue weighted by molar-refractivity contribution is -0.122. The number of amides is 1.